The van der Waals surface area contributed by atoms with Gasteiger partial charge in [0.1, 0.15) is 11.2 Å². The predicted molar refractivity (Wildman–Crippen MR) is 89.8 cm³/mol. The van der Waals surface area contributed by atoms with Crippen LogP contribution >= 0.6 is 22.7 Å². The van der Waals surface area contributed by atoms with Crippen LogP contribution in [0.25, 0.3) is 11.5 Å². The molecule has 0 unspecified atom stereocenters. The summed E-state index contributed by atoms with van der Waals surface area (Å²) in [5.41, 5.74) is -1.20. The van der Waals surface area contributed by atoms with Gasteiger partial charge in [0, 0.05) is 0 Å². The first-order valence-electron chi connectivity index (χ1n) is 6.95. The topological polar surface area (TPSA) is 93.1 Å². The molecule has 0 aliphatic rings. The quantitative estimate of drug-likeness (QED) is 0.801. The summed E-state index contributed by atoms with van der Waals surface area (Å²) in [7, 11) is 0. The number of esters is 2. The zero-order valence-electron chi connectivity index (χ0n) is 14.1. The number of carbonyl (C=O) groups excluding carboxylic acids is 2. The van der Waals surface area contributed by atoms with Crippen molar-refractivity contribution in [2.45, 2.75) is 59.2 Å². The Morgan fingerprint density at radius 3 is 1.78 bits per heavy atom. The highest BCUT2D eigenvalue weighted by Crippen LogP contribution is 2.17. The first-order valence-corrected chi connectivity index (χ1v) is 8.58. The first kappa shape index (κ1) is 19.5. The van der Waals surface area contributed by atoms with Gasteiger partial charge in [0.2, 0.25) is 0 Å². The van der Waals surface area contributed by atoms with E-state index in [1.807, 2.05) is 0 Å². The monoisotopic (exact) mass is 362 g/mol. The van der Waals surface area contributed by atoms with E-state index < -0.39 is 29.1 Å². The summed E-state index contributed by atoms with van der Waals surface area (Å²) in [6.07, 6.45) is -0.235. The standard InChI is InChI=1S/C15H22O6S2/c1-14(2,3)20-9(16)7-8(11(19)21-15(4,5)6)12-22-13(23-12)10(17)18/h17-18H,7H2,1-6H3. The maximum Gasteiger partial charge on any atom is 0.337 e. The van der Waals surface area contributed by atoms with Crippen molar-refractivity contribution in [1.29, 1.82) is 0 Å². The minimum atomic E-state index is -0.801. The molecule has 2 N–H and O–H groups in total. The SMILES string of the molecule is CC(C)(C)OC(=O)CC(C(=O)OC(C)(C)C)=c1sc(=C(O)O)s1. The Balaban J connectivity index is 3.14. The van der Waals surface area contributed by atoms with E-state index in [2.05, 4.69) is 0 Å². The number of carbonyl (C=O) groups is 2. The molecule has 0 aliphatic heterocycles. The second-order valence-electron chi connectivity index (χ2n) is 6.85. The molecule has 0 saturated heterocycles. The van der Waals surface area contributed by atoms with E-state index in [0.717, 1.165) is 22.7 Å². The molecule has 8 heteroatoms. The first-order chi connectivity index (χ1) is 10.3. The minimum absolute atomic E-state index is 0.161. The average molecular weight is 362 g/mol. The Morgan fingerprint density at radius 2 is 1.39 bits per heavy atom. The summed E-state index contributed by atoms with van der Waals surface area (Å²) in [5, 5.41) is 18.0. The van der Waals surface area contributed by atoms with Gasteiger partial charge in [-0.3, -0.25) is 4.79 Å². The largest absolute Gasteiger partial charge is 0.479 e. The number of aliphatic hydroxyl groups excluding tert-OH is 1. The molecule has 23 heavy (non-hydrogen) atoms. The van der Waals surface area contributed by atoms with E-state index in [9.17, 15) is 9.59 Å². The van der Waals surface area contributed by atoms with Crippen molar-refractivity contribution in [3.8, 4) is 0 Å². The van der Waals surface area contributed by atoms with Gasteiger partial charge in [-0.05, 0) is 41.5 Å². The van der Waals surface area contributed by atoms with Crippen LogP contribution in [0.2, 0.25) is 0 Å². The summed E-state index contributed by atoms with van der Waals surface area (Å²) in [4.78, 5) is 24.3. The molecule has 6 nitrogen and oxygen atoms in total. The molecule has 0 spiro atoms. The lowest BCUT2D eigenvalue weighted by Gasteiger charge is -2.22. The lowest BCUT2D eigenvalue weighted by molar-refractivity contribution is -0.156. The Hall–Kier alpha value is -1.54. The average Bonchev–Trinajstić information content (AvgIpc) is 2.19. The van der Waals surface area contributed by atoms with Gasteiger partial charge in [0.15, 0.2) is 3.85 Å². The third-order valence-corrected chi connectivity index (χ3v) is 4.79. The number of aliphatic hydroxyl groups is 2. The van der Waals surface area contributed by atoms with E-state index in [4.69, 9.17) is 19.7 Å². The second kappa shape index (κ2) is 6.92. The maximum atomic E-state index is 12.3. The van der Waals surface area contributed by atoms with Crippen LogP contribution in [-0.4, -0.2) is 33.4 Å². The molecule has 0 amide bonds. The van der Waals surface area contributed by atoms with Crippen molar-refractivity contribution in [3.63, 3.8) is 0 Å². The molecule has 0 fully saturated rings. The molecule has 0 saturated carbocycles. The van der Waals surface area contributed by atoms with Gasteiger partial charge in [0.25, 0.3) is 0 Å². The molecule has 130 valence electrons. The lowest BCUT2D eigenvalue weighted by Crippen LogP contribution is -2.30. The fourth-order valence-corrected chi connectivity index (χ4v) is 3.32. The number of hydrogen-bond donors (Lipinski definition) is 2. The fraction of sp³-hybridized carbons (Fsp3) is 0.600. The van der Waals surface area contributed by atoms with E-state index in [-0.39, 0.29) is 15.8 Å². The normalized spacial score (nSPS) is 11.9. The van der Waals surface area contributed by atoms with Crippen molar-refractivity contribution >= 4 is 46.1 Å². The van der Waals surface area contributed by atoms with Crippen molar-refractivity contribution in [2.75, 3.05) is 0 Å². The zero-order valence-corrected chi connectivity index (χ0v) is 15.7. The van der Waals surface area contributed by atoms with Crippen LogP contribution in [0.5, 0.6) is 0 Å². The van der Waals surface area contributed by atoms with Crippen LogP contribution in [0.1, 0.15) is 48.0 Å². The summed E-state index contributed by atoms with van der Waals surface area (Å²) in [5.74, 6) is -1.96. The van der Waals surface area contributed by atoms with Gasteiger partial charge in [0.05, 0.1) is 15.8 Å². The summed E-state index contributed by atoms with van der Waals surface area (Å²) in [6.45, 7) is 10.4. The molecule has 1 rings (SSSR count). The van der Waals surface area contributed by atoms with Crippen LogP contribution in [0.15, 0.2) is 0 Å². The molecule has 0 aliphatic carbocycles. The third-order valence-electron chi connectivity index (χ3n) is 2.19. The van der Waals surface area contributed by atoms with Gasteiger partial charge in [-0.1, -0.05) is 0 Å². The second-order valence-corrected chi connectivity index (χ2v) is 9.40. The molecule has 0 aromatic carbocycles. The predicted octanol–water partition coefficient (Wildman–Crippen LogP) is 2.22. The zero-order chi connectivity index (χ0) is 18.0. The van der Waals surface area contributed by atoms with Gasteiger partial charge >= 0.3 is 17.9 Å². The van der Waals surface area contributed by atoms with Crippen molar-refractivity contribution in [2.24, 2.45) is 0 Å². The van der Waals surface area contributed by atoms with E-state index in [0.29, 0.717) is 3.85 Å². The molecule has 0 atom stereocenters. The summed E-state index contributed by atoms with van der Waals surface area (Å²) >= 11 is 2.04. The van der Waals surface area contributed by atoms with Crippen molar-refractivity contribution in [3.05, 3.63) is 7.69 Å². The number of rotatable bonds is 3. The van der Waals surface area contributed by atoms with Crippen molar-refractivity contribution < 1.29 is 29.3 Å². The molecule has 1 aromatic heterocycles. The molecular formula is C15H22O6S2. The minimum Gasteiger partial charge on any atom is -0.479 e. The smallest absolute Gasteiger partial charge is 0.337 e. The van der Waals surface area contributed by atoms with Crippen LogP contribution < -0.4 is 7.69 Å². The van der Waals surface area contributed by atoms with Crippen LogP contribution in [0.3, 0.4) is 0 Å². The summed E-state index contributed by atoms with van der Waals surface area (Å²) in [6, 6.07) is 0. The van der Waals surface area contributed by atoms with Crippen LogP contribution in [-0.2, 0) is 19.1 Å². The molecule has 1 aromatic rings. The van der Waals surface area contributed by atoms with Crippen molar-refractivity contribution in [1.82, 2.24) is 0 Å². The highest BCUT2D eigenvalue weighted by atomic mass is 32.2. The van der Waals surface area contributed by atoms with Crippen LogP contribution in [0, 0.1) is 0 Å². The van der Waals surface area contributed by atoms with Gasteiger partial charge in [-0.15, -0.1) is 22.7 Å². The molecule has 0 radical (unpaired) electrons. The Morgan fingerprint density at radius 1 is 0.913 bits per heavy atom. The van der Waals surface area contributed by atoms with E-state index in [1.54, 1.807) is 41.5 Å². The lowest BCUT2D eigenvalue weighted by atomic mass is 10.1. The summed E-state index contributed by atoms with van der Waals surface area (Å²) < 4.78 is 11.3. The molecule has 0 bridgehead atoms. The van der Waals surface area contributed by atoms with E-state index >= 15 is 0 Å². The van der Waals surface area contributed by atoms with Crippen LogP contribution in [0.4, 0.5) is 0 Å². The molecular weight excluding hydrogens is 340 g/mol. The Labute approximate surface area is 142 Å². The van der Waals surface area contributed by atoms with E-state index in [1.165, 1.54) is 0 Å². The number of ether oxygens (including phenoxy) is 2. The van der Waals surface area contributed by atoms with Gasteiger partial charge in [-0.25, -0.2) is 4.79 Å². The van der Waals surface area contributed by atoms with Gasteiger partial charge < -0.3 is 19.7 Å². The Kier molecular flexibility index (Phi) is 5.87. The fourth-order valence-electron chi connectivity index (χ4n) is 1.48. The van der Waals surface area contributed by atoms with Gasteiger partial charge in [-0.2, -0.15) is 0 Å². The molecule has 1 heterocycles. The third kappa shape index (κ3) is 6.62. The maximum absolute atomic E-state index is 12.3. The number of hydrogen-bond acceptors (Lipinski definition) is 8. The Bertz CT molecular complexity index is 674. The highest BCUT2D eigenvalue weighted by molar-refractivity contribution is 7.36. The highest BCUT2D eigenvalue weighted by Gasteiger charge is 2.26.